The monoisotopic (exact) mass is 397 g/mol. The van der Waals surface area contributed by atoms with Gasteiger partial charge in [-0.15, -0.1) is 11.3 Å². The minimum absolute atomic E-state index is 0.333. The first kappa shape index (κ1) is 13.5. The van der Waals surface area contributed by atoms with Crippen molar-refractivity contribution in [2.75, 3.05) is 0 Å². The third-order valence-corrected chi connectivity index (χ3v) is 5.46. The second-order valence-electron chi connectivity index (χ2n) is 3.39. The molecule has 0 saturated carbocycles. The molecule has 0 bridgehead atoms. The van der Waals surface area contributed by atoms with Crippen LogP contribution >= 0.6 is 54.8 Å². The van der Waals surface area contributed by atoms with Gasteiger partial charge in [0.1, 0.15) is 5.82 Å². The molecule has 0 aliphatic rings. The first-order chi connectivity index (χ1) is 8.00. The van der Waals surface area contributed by atoms with E-state index in [0.29, 0.717) is 15.1 Å². The van der Waals surface area contributed by atoms with Crippen LogP contribution in [0, 0.1) is 5.82 Å². The lowest BCUT2D eigenvalue weighted by molar-refractivity contribution is 0.594. The molecule has 0 fully saturated rings. The van der Waals surface area contributed by atoms with E-state index in [1.807, 2.05) is 0 Å². The fourth-order valence-electron chi connectivity index (χ4n) is 1.43. The normalized spacial score (nSPS) is 12.8. The molecule has 1 nitrogen and oxygen atoms in total. The van der Waals surface area contributed by atoms with E-state index in [2.05, 4.69) is 31.9 Å². The van der Waals surface area contributed by atoms with Crippen molar-refractivity contribution in [1.82, 2.24) is 0 Å². The molecule has 2 aromatic rings. The summed E-state index contributed by atoms with van der Waals surface area (Å²) >= 11 is 13.8. The Morgan fingerprint density at radius 1 is 1.35 bits per heavy atom. The summed E-state index contributed by atoms with van der Waals surface area (Å²) in [5, 5.41) is 0.593. The number of halogens is 4. The SMILES string of the molecule is NC(c1cc(Cl)c(Br)s1)c1cccc(Br)c1F. The summed E-state index contributed by atoms with van der Waals surface area (Å²) in [5.41, 5.74) is 6.49. The Hall–Kier alpha value is 0.0600. The summed E-state index contributed by atoms with van der Waals surface area (Å²) in [4.78, 5) is 0.818. The second kappa shape index (κ2) is 5.36. The van der Waals surface area contributed by atoms with Crippen LogP contribution in [-0.4, -0.2) is 0 Å². The smallest absolute Gasteiger partial charge is 0.142 e. The largest absolute Gasteiger partial charge is 0.320 e. The van der Waals surface area contributed by atoms with E-state index in [1.165, 1.54) is 11.3 Å². The number of hydrogen-bond acceptors (Lipinski definition) is 2. The Morgan fingerprint density at radius 3 is 2.65 bits per heavy atom. The first-order valence-corrected chi connectivity index (χ1v) is 7.43. The van der Waals surface area contributed by atoms with Gasteiger partial charge in [0.25, 0.3) is 0 Å². The maximum absolute atomic E-state index is 13.9. The van der Waals surface area contributed by atoms with Crippen LogP contribution in [0.1, 0.15) is 16.5 Å². The van der Waals surface area contributed by atoms with Gasteiger partial charge in [-0.2, -0.15) is 0 Å². The van der Waals surface area contributed by atoms with Gasteiger partial charge in [-0.3, -0.25) is 0 Å². The predicted molar refractivity (Wildman–Crippen MR) is 77.2 cm³/mol. The lowest BCUT2D eigenvalue weighted by atomic mass is 10.1. The van der Waals surface area contributed by atoms with E-state index in [9.17, 15) is 4.39 Å². The van der Waals surface area contributed by atoms with Crippen LogP contribution in [0.25, 0.3) is 0 Å². The van der Waals surface area contributed by atoms with Crippen molar-refractivity contribution in [3.05, 3.63) is 53.8 Å². The van der Waals surface area contributed by atoms with Crippen LogP contribution in [0.15, 0.2) is 32.5 Å². The summed E-state index contributed by atoms with van der Waals surface area (Å²) < 4.78 is 15.1. The quantitative estimate of drug-likeness (QED) is 0.746. The van der Waals surface area contributed by atoms with Gasteiger partial charge in [0.2, 0.25) is 0 Å². The summed E-state index contributed by atoms with van der Waals surface area (Å²) in [5.74, 6) is -0.333. The highest BCUT2D eigenvalue weighted by Crippen LogP contribution is 2.37. The van der Waals surface area contributed by atoms with Gasteiger partial charge in [0.15, 0.2) is 0 Å². The molecule has 90 valence electrons. The highest BCUT2D eigenvalue weighted by atomic mass is 79.9. The van der Waals surface area contributed by atoms with Gasteiger partial charge < -0.3 is 5.73 Å². The van der Waals surface area contributed by atoms with Gasteiger partial charge in [-0.05, 0) is 44.0 Å². The third kappa shape index (κ3) is 2.74. The van der Waals surface area contributed by atoms with E-state index in [4.69, 9.17) is 17.3 Å². The first-order valence-electron chi connectivity index (χ1n) is 4.65. The zero-order chi connectivity index (χ0) is 12.6. The van der Waals surface area contributed by atoms with E-state index in [0.717, 1.165) is 8.66 Å². The molecule has 0 saturated heterocycles. The van der Waals surface area contributed by atoms with Gasteiger partial charge in [0, 0.05) is 10.4 Å². The molecule has 1 aromatic carbocycles. The summed E-state index contributed by atoms with van der Waals surface area (Å²) in [6, 6.07) is 6.31. The van der Waals surface area contributed by atoms with Crippen molar-refractivity contribution in [3.8, 4) is 0 Å². The summed E-state index contributed by atoms with van der Waals surface area (Å²) in [6.45, 7) is 0. The lowest BCUT2D eigenvalue weighted by Gasteiger charge is -2.11. The second-order valence-corrected chi connectivity index (χ2v) is 7.05. The Kier molecular flexibility index (Phi) is 4.26. The van der Waals surface area contributed by atoms with Gasteiger partial charge >= 0.3 is 0 Å². The highest BCUT2D eigenvalue weighted by molar-refractivity contribution is 9.11. The standard InChI is InChI=1S/C11H7Br2ClFNS/c12-6-3-1-2-5(9(6)15)10(16)8-4-7(14)11(13)17-8/h1-4,10H,16H2. The van der Waals surface area contributed by atoms with Crippen LogP contribution in [0.5, 0.6) is 0 Å². The highest BCUT2D eigenvalue weighted by Gasteiger charge is 2.18. The average molecular weight is 400 g/mol. The summed E-state index contributed by atoms with van der Waals surface area (Å²) in [6.07, 6.45) is 0. The molecule has 1 aromatic heterocycles. The third-order valence-electron chi connectivity index (χ3n) is 2.29. The molecule has 2 N–H and O–H groups in total. The maximum atomic E-state index is 13.9. The van der Waals surface area contributed by atoms with Gasteiger partial charge in [0.05, 0.1) is 19.3 Å². The van der Waals surface area contributed by atoms with Crippen molar-refractivity contribution in [1.29, 1.82) is 0 Å². The fraction of sp³-hybridized carbons (Fsp3) is 0.0909. The summed E-state index contributed by atoms with van der Waals surface area (Å²) in [7, 11) is 0. The zero-order valence-electron chi connectivity index (χ0n) is 8.38. The van der Waals surface area contributed by atoms with Crippen LogP contribution in [0.2, 0.25) is 5.02 Å². The zero-order valence-corrected chi connectivity index (χ0v) is 13.1. The minimum Gasteiger partial charge on any atom is -0.320 e. The molecule has 0 radical (unpaired) electrons. The molecule has 2 rings (SSSR count). The number of nitrogens with two attached hydrogens (primary N) is 1. The predicted octanol–water partition coefficient (Wildman–Crippen LogP) is 5.11. The van der Waals surface area contributed by atoms with Crippen LogP contribution in [0.3, 0.4) is 0 Å². The lowest BCUT2D eigenvalue weighted by Crippen LogP contribution is -2.12. The maximum Gasteiger partial charge on any atom is 0.142 e. The van der Waals surface area contributed by atoms with E-state index in [-0.39, 0.29) is 5.82 Å². The Morgan fingerprint density at radius 2 is 2.06 bits per heavy atom. The van der Waals surface area contributed by atoms with Gasteiger partial charge in [-0.25, -0.2) is 4.39 Å². The molecule has 17 heavy (non-hydrogen) atoms. The topological polar surface area (TPSA) is 26.0 Å². The molecule has 1 atom stereocenters. The number of hydrogen-bond donors (Lipinski definition) is 1. The van der Waals surface area contributed by atoms with Crippen molar-refractivity contribution in [3.63, 3.8) is 0 Å². The molecular formula is C11H7Br2ClFNS. The van der Waals surface area contributed by atoms with Crippen LogP contribution < -0.4 is 5.73 Å². The van der Waals surface area contributed by atoms with Crippen molar-refractivity contribution in [2.24, 2.45) is 5.73 Å². The average Bonchev–Trinajstić information content (AvgIpc) is 2.62. The molecule has 0 spiro atoms. The fourth-order valence-corrected chi connectivity index (χ4v) is 3.58. The van der Waals surface area contributed by atoms with Crippen molar-refractivity contribution >= 4 is 54.8 Å². The minimum atomic E-state index is -0.513. The van der Waals surface area contributed by atoms with E-state index in [1.54, 1.807) is 24.3 Å². The number of rotatable bonds is 2. The van der Waals surface area contributed by atoms with Gasteiger partial charge in [-0.1, -0.05) is 23.7 Å². The molecule has 0 aliphatic heterocycles. The molecule has 6 heteroatoms. The molecule has 1 unspecified atom stereocenters. The Bertz CT molecular complexity index is 539. The number of benzene rings is 1. The Balaban J connectivity index is 2.43. The molecule has 0 amide bonds. The number of thiophene rings is 1. The van der Waals surface area contributed by atoms with Crippen molar-refractivity contribution in [2.45, 2.75) is 6.04 Å². The van der Waals surface area contributed by atoms with E-state index < -0.39 is 6.04 Å². The van der Waals surface area contributed by atoms with Crippen LogP contribution in [0.4, 0.5) is 4.39 Å². The van der Waals surface area contributed by atoms with Crippen LogP contribution in [-0.2, 0) is 0 Å². The molecule has 1 heterocycles. The van der Waals surface area contributed by atoms with E-state index >= 15 is 0 Å². The molecule has 0 aliphatic carbocycles. The van der Waals surface area contributed by atoms with Crippen molar-refractivity contribution < 1.29 is 4.39 Å². The Labute approximate surface area is 124 Å². The molecular weight excluding hydrogens is 392 g/mol.